The highest BCUT2D eigenvalue weighted by atomic mass is 35.5. The molecule has 0 saturated carbocycles. The highest BCUT2D eigenvalue weighted by Gasteiger charge is 2.19. The highest BCUT2D eigenvalue weighted by Crippen LogP contribution is 2.33. The normalized spacial score (nSPS) is 13.3. The van der Waals surface area contributed by atoms with Gasteiger partial charge in [-0.1, -0.05) is 35.9 Å². The van der Waals surface area contributed by atoms with Crippen LogP contribution in [0.4, 0.5) is 5.69 Å². The number of carbonyl (C=O) groups is 2. The van der Waals surface area contributed by atoms with E-state index in [1.807, 2.05) is 48.7 Å². The van der Waals surface area contributed by atoms with Gasteiger partial charge in [0, 0.05) is 67.9 Å². The number of fused-ring (bicyclic) bond motifs is 4. The second-order valence-electron chi connectivity index (χ2n) is 10.7. The Balaban J connectivity index is 0.000000414. The monoisotopic (exact) mass is 636 g/mol. The van der Waals surface area contributed by atoms with E-state index in [1.165, 1.54) is 0 Å². The lowest BCUT2D eigenvalue weighted by Gasteiger charge is -2.30. The molecule has 0 amide bonds. The molecule has 0 spiro atoms. The van der Waals surface area contributed by atoms with Crippen LogP contribution in [-0.4, -0.2) is 67.4 Å². The summed E-state index contributed by atoms with van der Waals surface area (Å²) in [4.78, 5) is 44.3. The van der Waals surface area contributed by atoms with Gasteiger partial charge in [0.1, 0.15) is 0 Å². The number of nitrogens with one attached hydrogen (secondary N) is 1. The lowest BCUT2D eigenvalue weighted by atomic mass is 10.0. The zero-order valence-corrected chi connectivity index (χ0v) is 25.5. The maximum atomic E-state index is 13.6. The molecule has 1 aliphatic heterocycles. The van der Waals surface area contributed by atoms with Crippen LogP contribution in [0.25, 0.3) is 49.7 Å². The van der Waals surface area contributed by atoms with Crippen molar-refractivity contribution in [2.24, 2.45) is 7.05 Å². The quantitative estimate of drug-likeness (QED) is 0.226. The SMILES string of the molecule is Cn1c(=O)n(-c2ccc(N3CCNCC3)c(Cl)c2)c2c3cc(-c4cnc5ccccc5c4)ccc3ncc21.O=C(O)/C=C\C(=O)O. The Morgan fingerprint density at radius 2 is 1.59 bits per heavy atom. The second kappa shape index (κ2) is 12.8. The number of aliphatic carboxylic acids is 2. The van der Waals surface area contributed by atoms with E-state index in [0.29, 0.717) is 17.2 Å². The molecule has 7 rings (SSSR count). The third-order valence-corrected chi connectivity index (χ3v) is 8.13. The van der Waals surface area contributed by atoms with Crippen LogP contribution in [0.2, 0.25) is 5.02 Å². The molecule has 11 nitrogen and oxygen atoms in total. The minimum atomic E-state index is -1.26. The molecular weight excluding hydrogens is 608 g/mol. The number of rotatable bonds is 5. The van der Waals surface area contributed by atoms with Gasteiger partial charge in [0.05, 0.1) is 44.7 Å². The second-order valence-corrected chi connectivity index (χ2v) is 11.1. The van der Waals surface area contributed by atoms with E-state index in [9.17, 15) is 14.4 Å². The number of carboxylic acid groups (broad SMARTS) is 2. The molecular formula is C34H29ClN6O5. The Bertz CT molecular complexity index is 2200. The smallest absolute Gasteiger partial charge is 0.333 e. The Hall–Kier alpha value is -5.52. The minimum Gasteiger partial charge on any atom is -0.478 e. The van der Waals surface area contributed by atoms with Crippen molar-refractivity contribution in [1.82, 2.24) is 24.4 Å². The first-order valence-corrected chi connectivity index (χ1v) is 14.8. The molecule has 0 radical (unpaired) electrons. The summed E-state index contributed by atoms with van der Waals surface area (Å²) in [5, 5.41) is 21.6. The van der Waals surface area contributed by atoms with E-state index < -0.39 is 11.9 Å². The van der Waals surface area contributed by atoms with Gasteiger partial charge in [0.25, 0.3) is 0 Å². The van der Waals surface area contributed by atoms with Gasteiger partial charge in [-0.3, -0.25) is 19.1 Å². The summed E-state index contributed by atoms with van der Waals surface area (Å²) in [6.07, 6.45) is 4.78. The molecule has 0 bridgehead atoms. The van der Waals surface area contributed by atoms with Gasteiger partial charge in [-0.05, 0) is 48.0 Å². The van der Waals surface area contributed by atoms with Gasteiger partial charge in [-0.25, -0.2) is 14.4 Å². The number of piperazine rings is 1. The van der Waals surface area contributed by atoms with Crippen LogP contribution in [0, 0.1) is 0 Å². The third-order valence-electron chi connectivity index (χ3n) is 7.82. The van der Waals surface area contributed by atoms with Gasteiger partial charge in [0.15, 0.2) is 0 Å². The average molecular weight is 637 g/mol. The number of hydrogen-bond acceptors (Lipinski definition) is 7. The molecule has 1 saturated heterocycles. The molecule has 3 aromatic heterocycles. The Morgan fingerprint density at radius 1 is 0.870 bits per heavy atom. The first-order chi connectivity index (χ1) is 22.2. The number of imidazole rings is 1. The molecule has 6 aromatic rings. The summed E-state index contributed by atoms with van der Waals surface area (Å²) < 4.78 is 3.39. The zero-order valence-electron chi connectivity index (χ0n) is 24.7. The molecule has 3 aromatic carbocycles. The zero-order chi connectivity index (χ0) is 32.4. The van der Waals surface area contributed by atoms with Gasteiger partial charge < -0.3 is 20.4 Å². The summed E-state index contributed by atoms with van der Waals surface area (Å²) >= 11 is 6.79. The van der Waals surface area contributed by atoms with Crippen molar-refractivity contribution < 1.29 is 19.8 Å². The van der Waals surface area contributed by atoms with Gasteiger partial charge in [0.2, 0.25) is 0 Å². The molecule has 0 unspecified atom stereocenters. The van der Waals surface area contributed by atoms with Crippen molar-refractivity contribution in [1.29, 1.82) is 0 Å². The molecule has 3 N–H and O–H groups in total. The van der Waals surface area contributed by atoms with Crippen LogP contribution in [0.15, 0.2) is 96.1 Å². The van der Waals surface area contributed by atoms with E-state index in [2.05, 4.69) is 44.5 Å². The number of hydrogen-bond donors (Lipinski definition) is 3. The third kappa shape index (κ3) is 6.06. The lowest BCUT2D eigenvalue weighted by Crippen LogP contribution is -2.43. The van der Waals surface area contributed by atoms with Crippen molar-refractivity contribution in [2.75, 3.05) is 31.1 Å². The molecule has 4 heterocycles. The largest absolute Gasteiger partial charge is 0.478 e. The summed E-state index contributed by atoms with van der Waals surface area (Å²) in [6, 6.07) is 22.3. The lowest BCUT2D eigenvalue weighted by molar-refractivity contribution is -0.134. The van der Waals surface area contributed by atoms with Crippen molar-refractivity contribution in [3.63, 3.8) is 0 Å². The predicted octanol–water partition coefficient (Wildman–Crippen LogP) is 4.87. The number of benzene rings is 3. The van der Waals surface area contributed by atoms with Crippen molar-refractivity contribution in [3.8, 4) is 16.8 Å². The summed E-state index contributed by atoms with van der Waals surface area (Å²) in [5.41, 5.74) is 6.95. The Labute approximate surface area is 267 Å². The number of carboxylic acids is 2. The van der Waals surface area contributed by atoms with Gasteiger partial charge in [-0.2, -0.15) is 0 Å². The summed E-state index contributed by atoms with van der Waals surface area (Å²) in [6.45, 7) is 3.65. The Morgan fingerprint density at radius 3 is 2.30 bits per heavy atom. The molecule has 46 heavy (non-hydrogen) atoms. The van der Waals surface area contributed by atoms with E-state index >= 15 is 0 Å². The standard InChI is InChI=1S/C30H25ClN6O.C4H4O4/c1-35-28-18-34-26-8-6-19(21-14-20-4-2-3-5-25(20)33-17-21)15-23(26)29(28)37(30(35)38)22-7-9-27(24(31)16-22)36-12-10-32-11-13-36;5-3(6)1-2-4(7)8/h2-9,14-18,32H,10-13H2,1H3;1-2H,(H,5,6)(H,7,8)/b;2-1-. The van der Waals surface area contributed by atoms with E-state index in [4.69, 9.17) is 21.8 Å². The number of aromatic nitrogens is 4. The van der Waals surface area contributed by atoms with Crippen LogP contribution in [0.1, 0.15) is 0 Å². The number of para-hydroxylation sites is 1. The molecule has 0 aliphatic carbocycles. The average Bonchev–Trinajstić information content (AvgIpc) is 3.33. The fraction of sp³-hybridized carbons (Fsp3) is 0.147. The van der Waals surface area contributed by atoms with Crippen LogP contribution in [-0.2, 0) is 16.6 Å². The molecule has 1 aliphatic rings. The van der Waals surface area contributed by atoms with E-state index in [-0.39, 0.29) is 5.69 Å². The number of aryl methyl sites for hydroxylation is 1. The fourth-order valence-corrected chi connectivity index (χ4v) is 5.88. The number of anilines is 1. The van der Waals surface area contributed by atoms with E-state index in [0.717, 1.165) is 81.5 Å². The van der Waals surface area contributed by atoms with Crippen molar-refractivity contribution in [2.45, 2.75) is 0 Å². The number of pyridine rings is 2. The fourth-order valence-electron chi connectivity index (χ4n) is 5.58. The topological polar surface area (TPSA) is 143 Å². The highest BCUT2D eigenvalue weighted by molar-refractivity contribution is 6.33. The van der Waals surface area contributed by atoms with Crippen LogP contribution in [0.3, 0.4) is 0 Å². The summed E-state index contributed by atoms with van der Waals surface area (Å²) in [7, 11) is 1.78. The Kier molecular flexibility index (Phi) is 8.51. The molecule has 12 heteroatoms. The first kappa shape index (κ1) is 30.5. The molecule has 0 atom stereocenters. The maximum Gasteiger partial charge on any atom is 0.333 e. The number of halogens is 1. The molecule has 232 valence electrons. The first-order valence-electron chi connectivity index (χ1n) is 14.5. The van der Waals surface area contributed by atoms with Crippen LogP contribution >= 0.6 is 11.6 Å². The predicted molar refractivity (Wildman–Crippen MR) is 179 cm³/mol. The van der Waals surface area contributed by atoms with Gasteiger partial charge >= 0.3 is 17.6 Å². The van der Waals surface area contributed by atoms with Crippen molar-refractivity contribution in [3.05, 3.63) is 107 Å². The number of nitrogens with zero attached hydrogens (tertiary/aromatic N) is 5. The van der Waals surface area contributed by atoms with Crippen molar-refractivity contribution >= 4 is 62.1 Å². The maximum absolute atomic E-state index is 13.6. The molecule has 1 fully saturated rings. The minimum absolute atomic E-state index is 0.141. The van der Waals surface area contributed by atoms with E-state index in [1.54, 1.807) is 22.4 Å². The van der Waals surface area contributed by atoms with Gasteiger partial charge in [-0.15, -0.1) is 0 Å². The summed E-state index contributed by atoms with van der Waals surface area (Å²) in [5.74, 6) is -2.51. The van der Waals surface area contributed by atoms with Crippen LogP contribution < -0.4 is 15.9 Å². The van der Waals surface area contributed by atoms with Crippen LogP contribution in [0.5, 0.6) is 0 Å².